The van der Waals surface area contributed by atoms with Gasteiger partial charge in [0.2, 0.25) is 5.91 Å². The van der Waals surface area contributed by atoms with Crippen molar-refractivity contribution >= 4 is 28.9 Å². The first-order chi connectivity index (χ1) is 20.8. The first-order valence-corrected chi connectivity index (χ1v) is 14.0. The Bertz CT molecular complexity index is 1660. The van der Waals surface area contributed by atoms with Gasteiger partial charge in [0, 0.05) is 31.5 Å². The molecule has 0 bridgehead atoms. The van der Waals surface area contributed by atoms with Crippen LogP contribution < -0.4 is 10.6 Å². The number of amides is 1. The van der Waals surface area contributed by atoms with Crippen LogP contribution in [0.25, 0.3) is 0 Å². The summed E-state index contributed by atoms with van der Waals surface area (Å²) in [6.07, 6.45) is -1.40. The van der Waals surface area contributed by atoms with Crippen LogP contribution in [-0.2, 0) is 30.5 Å². The van der Waals surface area contributed by atoms with Crippen LogP contribution in [-0.4, -0.2) is 37.6 Å². The van der Waals surface area contributed by atoms with E-state index in [1.54, 1.807) is 44.6 Å². The molecule has 0 unspecified atom stereocenters. The zero-order valence-electron chi connectivity index (χ0n) is 24.0. The largest absolute Gasteiger partial charge is 0.416 e. The molecule has 0 atom stereocenters. The molecule has 0 fully saturated rings. The van der Waals surface area contributed by atoms with Crippen LogP contribution in [0, 0.1) is 17.1 Å². The number of nitrogens with zero attached hydrogens (tertiary/aromatic N) is 4. The van der Waals surface area contributed by atoms with Gasteiger partial charge in [-0.15, -0.1) is 0 Å². The van der Waals surface area contributed by atoms with Gasteiger partial charge in [-0.05, 0) is 67.5 Å². The van der Waals surface area contributed by atoms with Crippen molar-refractivity contribution in [2.45, 2.75) is 45.1 Å². The lowest BCUT2D eigenvalue weighted by Gasteiger charge is -2.35. The zero-order valence-corrected chi connectivity index (χ0v) is 24.8. The van der Waals surface area contributed by atoms with Gasteiger partial charge < -0.3 is 20.1 Å². The standard InChI is InChI=1S/C32H30F4N6OS/c1-31(2,40-29(43)15-25-17-38-21-42(25)18-23-13-11-22(16-37)12-14-23)20-41(30(44)39-28-10-6-5-9-27(28)33)19-24-7-3-4-8-26(24)32(34,35)36/h3-14,17,21H,15,18-20H2,1-2H3,(H,39,44)(H,40,43). The Kier molecular flexibility index (Phi) is 10.0. The minimum absolute atomic E-state index is 0.00473. The maximum absolute atomic E-state index is 14.4. The molecule has 1 aromatic heterocycles. The summed E-state index contributed by atoms with van der Waals surface area (Å²) in [4.78, 5) is 18.8. The number of hydrogen-bond donors (Lipinski definition) is 2. The Hall–Kier alpha value is -4.76. The van der Waals surface area contributed by atoms with Gasteiger partial charge in [0.15, 0.2) is 5.11 Å². The summed E-state index contributed by atoms with van der Waals surface area (Å²) < 4.78 is 57.6. The normalized spacial score (nSPS) is 11.5. The van der Waals surface area contributed by atoms with Gasteiger partial charge >= 0.3 is 6.18 Å². The molecule has 12 heteroatoms. The van der Waals surface area contributed by atoms with E-state index in [2.05, 4.69) is 21.7 Å². The Balaban J connectivity index is 1.50. The second-order valence-electron chi connectivity index (χ2n) is 10.9. The number of rotatable bonds is 10. The Morgan fingerprint density at radius 3 is 2.41 bits per heavy atom. The average Bonchev–Trinajstić information content (AvgIpc) is 3.39. The molecule has 228 valence electrons. The molecule has 4 aromatic rings. The molecular formula is C32H30F4N6OS. The summed E-state index contributed by atoms with van der Waals surface area (Å²) in [5.74, 6) is -0.907. The first kappa shape index (κ1) is 32.2. The van der Waals surface area contributed by atoms with Crippen LogP contribution in [0.4, 0.5) is 23.2 Å². The van der Waals surface area contributed by atoms with Gasteiger partial charge in [-0.3, -0.25) is 4.79 Å². The molecule has 2 N–H and O–H groups in total. The van der Waals surface area contributed by atoms with E-state index in [-0.39, 0.29) is 41.8 Å². The Morgan fingerprint density at radius 1 is 1.05 bits per heavy atom. The Labute approximate surface area is 258 Å². The van der Waals surface area contributed by atoms with Crippen LogP contribution >= 0.6 is 12.2 Å². The number of aromatic nitrogens is 2. The third-order valence-electron chi connectivity index (χ3n) is 6.73. The van der Waals surface area contributed by atoms with Crippen LogP contribution in [0.2, 0.25) is 0 Å². The fraction of sp³-hybridized carbons (Fsp3) is 0.250. The molecule has 0 saturated heterocycles. The highest BCUT2D eigenvalue weighted by Crippen LogP contribution is 2.32. The highest BCUT2D eigenvalue weighted by atomic mass is 32.1. The van der Waals surface area contributed by atoms with Gasteiger partial charge in [-0.25, -0.2) is 9.37 Å². The van der Waals surface area contributed by atoms with E-state index in [4.69, 9.17) is 17.5 Å². The van der Waals surface area contributed by atoms with Crippen molar-refractivity contribution in [1.29, 1.82) is 5.26 Å². The van der Waals surface area contributed by atoms with E-state index in [9.17, 15) is 22.4 Å². The number of nitrogens with one attached hydrogen (secondary N) is 2. The van der Waals surface area contributed by atoms with Crippen molar-refractivity contribution in [2.75, 3.05) is 11.9 Å². The van der Waals surface area contributed by atoms with Gasteiger partial charge in [0.1, 0.15) is 5.82 Å². The van der Waals surface area contributed by atoms with E-state index in [1.165, 1.54) is 41.3 Å². The second kappa shape index (κ2) is 13.7. The molecule has 1 amide bonds. The maximum Gasteiger partial charge on any atom is 0.416 e. The van der Waals surface area contributed by atoms with Crippen molar-refractivity contribution in [3.05, 3.63) is 119 Å². The van der Waals surface area contributed by atoms with E-state index < -0.39 is 23.1 Å². The number of alkyl halides is 3. The van der Waals surface area contributed by atoms with Gasteiger partial charge in [0.05, 0.1) is 41.2 Å². The molecule has 4 rings (SSSR count). The van der Waals surface area contributed by atoms with E-state index in [0.29, 0.717) is 17.8 Å². The van der Waals surface area contributed by atoms with Gasteiger partial charge in [-0.2, -0.15) is 18.4 Å². The second-order valence-corrected chi connectivity index (χ2v) is 11.2. The Morgan fingerprint density at radius 2 is 1.73 bits per heavy atom. The van der Waals surface area contributed by atoms with Crippen LogP contribution in [0.1, 0.15) is 41.8 Å². The number of anilines is 1. The van der Waals surface area contributed by atoms with E-state index >= 15 is 0 Å². The van der Waals surface area contributed by atoms with Gasteiger partial charge in [-0.1, -0.05) is 42.5 Å². The number of halogens is 4. The van der Waals surface area contributed by atoms with Crippen molar-refractivity contribution in [3.63, 3.8) is 0 Å². The summed E-state index contributed by atoms with van der Waals surface area (Å²) in [6.45, 7) is 3.67. The fourth-order valence-corrected chi connectivity index (χ4v) is 4.96. The first-order valence-electron chi connectivity index (χ1n) is 13.6. The summed E-state index contributed by atoms with van der Waals surface area (Å²) >= 11 is 5.55. The monoisotopic (exact) mass is 622 g/mol. The van der Waals surface area contributed by atoms with Crippen molar-refractivity contribution < 1.29 is 22.4 Å². The SMILES string of the molecule is CC(C)(CN(Cc1ccccc1C(F)(F)F)C(=S)Nc1ccccc1F)NC(=O)Cc1cncn1Cc1ccc(C#N)cc1. The predicted molar refractivity (Wildman–Crippen MR) is 163 cm³/mol. The van der Waals surface area contributed by atoms with Crippen LogP contribution in [0.15, 0.2) is 85.3 Å². The minimum Gasteiger partial charge on any atom is -0.349 e. The summed E-state index contributed by atoms with van der Waals surface area (Å²) in [6, 6.07) is 20.2. The van der Waals surface area contributed by atoms with E-state index in [0.717, 1.165) is 11.6 Å². The number of imidazole rings is 1. The molecule has 0 aliphatic heterocycles. The molecule has 0 aliphatic carbocycles. The number of carbonyl (C=O) groups excluding carboxylic acids is 1. The minimum atomic E-state index is -4.59. The fourth-order valence-electron chi connectivity index (χ4n) is 4.72. The molecule has 7 nitrogen and oxygen atoms in total. The lowest BCUT2D eigenvalue weighted by molar-refractivity contribution is -0.138. The molecule has 0 saturated carbocycles. The third-order valence-corrected chi connectivity index (χ3v) is 7.09. The summed E-state index contributed by atoms with van der Waals surface area (Å²) in [7, 11) is 0. The van der Waals surface area contributed by atoms with Crippen molar-refractivity contribution in [1.82, 2.24) is 19.8 Å². The zero-order chi connectivity index (χ0) is 31.9. The highest BCUT2D eigenvalue weighted by Gasteiger charge is 2.34. The lowest BCUT2D eigenvalue weighted by Crippen LogP contribution is -2.53. The van der Waals surface area contributed by atoms with Crippen LogP contribution in [0.3, 0.4) is 0 Å². The number of benzene rings is 3. The maximum atomic E-state index is 14.4. The van der Waals surface area contributed by atoms with Crippen LogP contribution in [0.5, 0.6) is 0 Å². The quantitative estimate of drug-likeness (QED) is 0.160. The van der Waals surface area contributed by atoms with Gasteiger partial charge in [0.25, 0.3) is 0 Å². The van der Waals surface area contributed by atoms with Crippen molar-refractivity contribution in [3.8, 4) is 6.07 Å². The molecule has 0 radical (unpaired) electrons. The number of thiocarbonyl (C=S) groups is 1. The lowest BCUT2D eigenvalue weighted by atomic mass is 10.0. The molecular weight excluding hydrogens is 592 g/mol. The predicted octanol–water partition coefficient (Wildman–Crippen LogP) is 6.30. The van der Waals surface area contributed by atoms with E-state index in [1.807, 2.05) is 16.7 Å². The van der Waals surface area contributed by atoms with Crippen molar-refractivity contribution in [2.24, 2.45) is 0 Å². The molecule has 3 aromatic carbocycles. The number of hydrogen-bond acceptors (Lipinski definition) is 4. The smallest absolute Gasteiger partial charge is 0.349 e. The molecule has 44 heavy (non-hydrogen) atoms. The third kappa shape index (κ3) is 8.64. The number of carbonyl (C=O) groups is 1. The molecule has 0 spiro atoms. The number of nitriles is 1. The highest BCUT2D eigenvalue weighted by molar-refractivity contribution is 7.80. The summed E-state index contributed by atoms with van der Waals surface area (Å²) in [5.41, 5.74) is 0.390. The number of para-hydroxylation sites is 1. The topological polar surface area (TPSA) is 86.0 Å². The summed E-state index contributed by atoms with van der Waals surface area (Å²) in [5, 5.41) is 14.8. The molecule has 0 aliphatic rings. The average molecular weight is 623 g/mol. The molecule has 1 heterocycles.